The monoisotopic (exact) mass is 583 g/mol. The van der Waals surface area contributed by atoms with Crippen LogP contribution in [0.5, 0.6) is 0 Å². The van der Waals surface area contributed by atoms with Crippen molar-refractivity contribution in [1.29, 1.82) is 0 Å². The number of carbonyl (C=O) groups is 1. The minimum atomic E-state index is -3.25. The SMILES string of the molecule is CS(=O)(=O)N1CCC(O)(c2ccc(N3CCN(C(=O)O)c4ccccc43)cc2)CC1.OC12CC3CC(CC(C3)C1)C2. The quantitative estimate of drug-likeness (QED) is 0.486. The maximum absolute atomic E-state index is 11.7. The van der Waals surface area contributed by atoms with Crippen LogP contribution < -0.4 is 9.80 Å². The van der Waals surface area contributed by atoms with E-state index in [0.717, 1.165) is 54.0 Å². The molecule has 0 atom stereocenters. The molecule has 1 saturated heterocycles. The summed E-state index contributed by atoms with van der Waals surface area (Å²) < 4.78 is 24.8. The van der Waals surface area contributed by atoms with Crippen molar-refractivity contribution in [2.45, 2.75) is 62.6 Å². The van der Waals surface area contributed by atoms with Gasteiger partial charge in [0.25, 0.3) is 0 Å². The number of hydrogen-bond acceptors (Lipinski definition) is 6. The van der Waals surface area contributed by atoms with Gasteiger partial charge in [0.05, 0.1) is 28.8 Å². The molecule has 2 aromatic rings. The Hall–Kier alpha value is -2.66. The standard InChI is InChI=1S/C21H25N3O5S.C10H16O/c1-30(28,29)22-12-10-21(27,11-13-22)16-6-8-17(9-7-16)23-14-15-24(20(25)26)19-5-3-2-4-18(19)23;11-10-4-7-1-8(5-10)3-9(2-7)6-10/h2-9,27H,10-15H2,1H3,(H,25,26);7-9,11H,1-6H2. The highest BCUT2D eigenvalue weighted by atomic mass is 32.2. The Bertz CT molecular complexity index is 1350. The zero-order valence-electron chi connectivity index (χ0n) is 23.7. The second-order valence-corrected chi connectivity index (χ2v) is 14.9. The Balaban J connectivity index is 0.000000226. The summed E-state index contributed by atoms with van der Waals surface area (Å²) in [5, 5.41) is 30.6. The van der Waals surface area contributed by atoms with Gasteiger partial charge in [-0.05, 0) is 98.9 Å². The number of para-hydroxylation sites is 2. The maximum atomic E-state index is 11.7. The number of anilines is 3. The van der Waals surface area contributed by atoms with E-state index in [1.54, 1.807) is 6.07 Å². The number of fused-ring (bicyclic) bond motifs is 1. The third kappa shape index (κ3) is 5.71. The molecule has 6 aliphatic rings. The summed E-state index contributed by atoms with van der Waals surface area (Å²) in [7, 11) is -3.25. The van der Waals surface area contributed by atoms with E-state index in [-0.39, 0.29) is 5.60 Å². The second kappa shape index (κ2) is 10.6. The molecule has 2 aliphatic heterocycles. The van der Waals surface area contributed by atoms with Gasteiger partial charge in [0.15, 0.2) is 0 Å². The number of rotatable bonds is 3. The second-order valence-electron chi connectivity index (χ2n) is 13.0. The molecule has 4 saturated carbocycles. The number of carboxylic acid groups (broad SMARTS) is 1. The molecule has 0 radical (unpaired) electrons. The summed E-state index contributed by atoms with van der Waals surface area (Å²) >= 11 is 0. The normalized spacial score (nSPS) is 30.4. The van der Waals surface area contributed by atoms with Gasteiger partial charge in [-0.15, -0.1) is 0 Å². The zero-order valence-corrected chi connectivity index (χ0v) is 24.5. The van der Waals surface area contributed by atoms with Crippen molar-refractivity contribution in [3.63, 3.8) is 0 Å². The predicted molar refractivity (Wildman–Crippen MR) is 158 cm³/mol. The summed E-state index contributed by atoms with van der Waals surface area (Å²) in [5.41, 5.74) is 1.88. The number of nitrogens with zero attached hydrogens (tertiary/aromatic N) is 3. The zero-order chi connectivity index (χ0) is 29.0. The van der Waals surface area contributed by atoms with Gasteiger partial charge in [-0.25, -0.2) is 17.5 Å². The molecule has 9 nitrogen and oxygen atoms in total. The van der Waals surface area contributed by atoms with Crippen LogP contribution in [0.4, 0.5) is 21.9 Å². The number of benzene rings is 2. The average molecular weight is 584 g/mol. The van der Waals surface area contributed by atoms with E-state index < -0.39 is 21.7 Å². The Morgan fingerprint density at radius 2 is 1.34 bits per heavy atom. The molecule has 0 aromatic heterocycles. The molecule has 1 amide bonds. The Morgan fingerprint density at radius 3 is 1.83 bits per heavy atom. The highest BCUT2D eigenvalue weighted by Gasteiger charge is 2.49. The summed E-state index contributed by atoms with van der Waals surface area (Å²) in [4.78, 5) is 14.9. The summed E-state index contributed by atoms with van der Waals surface area (Å²) in [6, 6.07) is 15.0. The molecular weight excluding hydrogens is 542 g/mol. The van der Waals surface area contributed by atoms with Crippen molar-refractivity contribution in [1.82, 2.24) is 4.31 Å². The average Bonchev–Trinajstić information content (AvgIpc) is 2.91. The molecule has 5 fully saturated rings. The maximum Gasteiger partial charge on any atom is 0.411 e. The molecule has 0 unspecified atom stereocenters. The van der Waals surface area contributed by atoms with Crippen LogP contribution >= 0.6 is 0 Å². The number of sulfonamides is 1. The first kappa shape index (κ1) is 28.5. The van der Waals surface area contributed by atoms with E-state index in [1.807, 2.05) is 42.5 Å². The molecule has 0 spiro atoms. The van der Waals surface area contributed by atoms with Crippen molar-refractivity contribution in [2.75, 3.05) is 42.2 Å². The molecule has 2 aromatic carbocycles. The van der Waals surface area contributed by atoms with Gasteiger partial charge in [0, 0.05) is 31.9 Å². The largest absolute Gasteiger partial charge is 0.465 e. The van der Waals surface area contributed by atoms with E-state index in [4.69, 9.17) is 0 Å². The van der Waals surface area contributed by atoms with Gasteiger partial charge >= 0.3 is 6.09 Å². The lowest BCUT2D eigenvalue weighted by Gasteiger charge is -2.54. The van der Waals surface area contributed by atoms with Crippen LogP contribution in [0.25, 0.3) is 0 Å². The van der Waals surface area contributed by atoms with E-state index >= 15 is 0 Å². The summed E-state index contributed by atoms with van der Waals surface area (Å²) in [6.07, 6.45) is 8.57. The minimum Gasteiger partial charge on any atom is -0.465 e. The van der Waals surface area contributed by atoms with Crippen molar-refractivity contribution < 1.29 is 28.5 Å². The van der Waals surface area contributed by atoms with Gasteiger partial charge in [0.1, 0.15) is 0 Å². The number of amides is 1. The van der Waals surface area contributed by atoms with Crippen molar-refractivity contribution in [3.05, 3.63) is 54.1 Å². The lowest BCUT2D eigenvalue weighted by atomic mass is 9.54. The molecule has 2 heterocycles. The van der Waals surface area contributed by atoms with E-state index in [0.29, 0.717) is 44.7 Å². The molecular formula is C31H41N3O6S. The van der Waals surface area contributed by atoms with Gasteiger partial charge < -0.3 is 20.2 Å². The summed E-state index contributed by atoms with van der Waals surface area (Å²) in [6.45, 7) is 1.47. The van der Waals surface area contributed by atoms with Crippen LogP contribution in [-0.4, -0.2) is 72.2 Å². The molecule has 41 heavy (non-hydrogen) atoms. The Morgan fingerprint density at radius 1 is 0.805 bits per heavy atom. The van der Waals surface area contributed by atoms with Crippen molar-refractivity contribution >= 4 is 33.2 Å². The number of piperidine rings is 1. The van der Waals surface area contributed by atoms with Crippen LogP contribution in [0.3, 0.4) is 0 Å². The lowest BCUT2D eigenvalue weighted by Crippen LogP contribution is -2.50. The molecule has 4 bridgehead atoms. The van der Waals surface area contributed by atoms with Gasteiger partial charge in [-0.3, -0.25) is 4.90 Å². The first-order valence-corrected chi connectivity index (χ1v) is 16.6. The highest BCUT2D eigenvalue weighted by Crippen LogP contribution is 2.55. The molecule has 4 aliphatic carbocycles. The van der Waals surface area contributed by atoms with E-state index in [2.05, 4.69) is 4.90 Å². The third-order valence-corrected chi connectivity index (χ3v) is 11.3. The van der Waals surface area contributed by atoms with Crippen LogP contribution in [0.15, 0.2) is 48.5 Å². The van der Waals surface area contributed by atoms with Crippen molar-refractivity contribution in [3.8, 4) is 0 Å². The minimum absolute atomic E-state index is 0.200. The first-order valence-electron chi connectivity index (χ1n) is 14.8. The Kier molecular flexibility index (Phi) is 7.33. The van der Waals surface area contributed by atoms with Crippen molar-refractivity contribution in [2.24, 2.45) is 17.8 Å². The predicted octanol–water partition coefficient (Wildman–Crippen LogP) is 4.51. The van der Waals surface area contributed by atoms with E-state index in [1.165, 1.54) is 34.7 Å². The Labute approximate surface area is 242 Å². The smallest absolute Gasteiger partial charge is 0.411 e. The van der Waals surface area contributed by atoms with Gasteiger partial charge in [-0.2, -0.15) is 0 Å². The highest BCUT2D eigenvalue weighted by molar-refractivity contribution is 7.88. The van der Waals surface area contributed by atoms with Gasteiger partial charge in [-0.1, -0.05) is 24.3 Å². The van der Waals surface area contributed by atoms with E-state index in [9.17, 15) is 28.5 Å². The third-order valence-electron chi connectivity index (χ3n) is 9.98. The lowest BCUT2D eigenvalue weighted by molar-refractivity contribution is -0.124. The summed E-state index contributed by atoms with van der Waals surface area (Å²) in [5.74, 6) is 2.68. The van der Waals surface area contributed by atoms with Crippen LogP contribution in [0, 0.1) is 17.8 Å². The topological polar surface area (TPSA) is 122 Å². The van der Waals surface area contributed by atoms with Crippen LogP contribution in [-0.2, 0) is 15.6 Å². The molecule has 3 N–H and O–H groups in total. The fourth-order valence-corrected chi connectivity index (χ4v) is 9.17. The van der Waals surface area contributed by atoms with Crippen LogP contribution in [0.2, 0.25) is 0 Å². The van der Waals surface area contributed by atoms with Crippen LogP contribution in [0.1, 0.15) is 56.9 Å². The molecule has 10 heteroatoms. The number of hydrogen-bond donors (Lipinski definition) is 3. The first-order chi connectivity index (χ1) is 19.4. The molecule has 8 rings (SSSR count). The fourth-order valence-electron chi connectivity index (χ4n) is 8.32. The fraction of sp³-hybridized carbons (Fsp3) is 0.581. The molecule has 222 valence electrons. The van der Waals surface area contributed by atoms with Gasteiger partial charge in [0.2, 0.25) is 10.0 Å². The number of aliphatic hydroxyl groups is 2.